The molecule has 0 saturated heterocycles. The van der Waals surface area contributed by atoms with Crippen molar-refractivity contribution in [3.63, 3.8) is 0 Å². The van der Waals surface area contributed by atoms with Gasteiger partial charge >= 0.3 is 0 Å². The predicted octanol–water partition coefficient (Wildman–Crippen LogP) is 4.87. The van der Waals surface area contributed by atoms with Gasteiger partial charge in [-0.3, -0.25) is 15.1 Å². The molecule has 1 saturated carbocycles. The number of unbranched alkanes of at least 4 members (excludes halogenated alkanes) is 9. The van der Waals surface area contributed by atoms with Crippen molar-refractivity contribution < 1.29 is 4.79 Å². The van der Waals surface area contributed by atoms with E-state index in [4.69, 9.17) is 16.9 Å². The highest BCUT2D eigenvalue weighted by molar-refractivity contribution is 6.04. The molecule has 1 amide bonds. The molecule has 1 aromatic carbocycles. The Hall–Kier alpha value is -2.04. The largest absolute Gasteiger partial charge is 0.370 e. The van der Waals surface area contributed by atoms with Gasteiger partial charge in [-0.15, -0.1) is 0 Å². The maximum absolute atomic E-state index is 11.8. The van der Waals surface area contributed by atoms with Crippen molar-refractivity contribution in [1.29, 1.82) is 5.41 Å². The molecular weight excluding hydrogens is 348 g/mol. The lowest BCUT2D eigenvalue weighted by atomic mass is 10.0. The number of rotatable bonds is 14. The highest BCUT2D eigenvalue weighted by Crippen LogP contribution is 2.43. The molecule has 0 aromatic heterocycles. The monoisotopic (exact) mass is 386 g/mol. The molecule has 0 heterocycles. The SMILES string of the molecule is CCCCCCCCCCCCc1ccc(N(C(=N)N)C2(C(N)=O)CC2)cc1. The van der Waals surface area contributed by atoms with Crippen LogP contribution in [-0.4, -0.2) is 17.4 Å². The van der Waals surface area contributed by atoms with E-state index in [1.807, 2.05) is 12.1 Å². The van der Waals surface area contributed by atoms with Gasteiger partial charge in [-0.1, -0.05) is 76.8 Å². The van der Waals surface area contributed by atoms with Crippen molar-refractivity contribution in [2.75, 3.05) is 4.90 Å². The summed E-state index contributed by atoms with van der Waals surface area (Å²) in [6, 6.07) is 8.07. The summed E-state index contributed by atoms with van der Waals surface area (Å²) in [5.74, 6) is -0.532. The fourth-order valence-corrected chi connectivity index (χ4v) is 3.94. The van der Waals surface area contributed by atoms with Crippen LogP contribution in [0.3, 0.4) is 0 Å². The molecule has 1 fully saturated rings. The number of hydrogen-bond acceptors (Lipinski definition) is 2. The van der Waals surface area contributed by atoms with Crippen LogP contribution in [0.25, 0.3) is 0 Å². The maximum Gasteiger partial charge on any atom is 0.243 e. The van der Waals surface area contributed by atoms with Crippen molar-refractivity contribution >= 4 is 17.6 Å². The minimum absolute atomic E-state index is 0.126. The number of nitrogens with one attached hydrogen (secondary N) is 1. The summed E-state index contributed by atoms with van der Waals surface area (Å²) in [4.78, 5) is 13.4. The van der Waals surface area contributed by atoms with E-state index in [1.54, 1.807) is 4.90 Å². The fraction of sp³-hybridized carbons (Fsp3) is 0.652. The molecule has 1 aliphatic carbocycles. The molecule has 0 unspecified atom stereocenters. The van der Waals surface area contributed by atoms with E-state index in [2.05, 4.69) is 19.1 Å². The molecule has 1 aliphatic rings. The lowest BCUT2D eigenvalue weighted by Crippen LogP contribution is -2.53. The van der Waals surface area contributed by atoms with Crippen LogP contribution in [-0.2, 0) is 11.2 Å². The number of primary amides is 1. The number of nitrogens with zero attached hydrogens (tertiary/aromatic N) is 1. The highest BCUT2D eigenvalue weighted by Gasteiger charge is 2.55. The fourth-order valence-electron chi connectivity index (χ4n) is 3.94. The minimum atomic E-state index is -0.802. The number of carbonyl (C=O) groups excluding carboxylic acids is 1. The molecule has 156 valence electrons. The van der Waals surface area contributed by atoms with E-state index >= 15 is 0 Å². The number of nitrogens with two attached hydrogens (primary N) is 2. The summed E-state index contributed by atoms with van der Waals surface area (Å²) in [6.07, 6.45) is 15.8. The Morgan fingerprint density at radius 2 is 1.43 bits per heavy atom. The van der Waals surface area contributed by atoms with Gasteiger partial charge < -0.3 is 11.5 Å². The normalized spacial score (nSPS) is 14.6. The summed E-state index contributed by atoms with van der Waals surface area (Å²) in [5, 5.41) is 7.87. The number of anilines is 1. The molecule has 2 rings (SSSR count). The molecule has 0 aliphatic heterocycles. The van der Waals surface area contributed by atoms with Crippen LogP contribution in [0.5, 0.6) is 0 Å². The third kappa shape index (κ3) is 6.25. The van der Waals surface area contributed by atoms with Gasteiger partial charge in [0.1, 0.15) is 5.54 Å². The van der Waals surface area contributed by atoms with Gasteiger partial charge in [-0.05, 0) is 43.4 Å². The molecule has 5 N–H and O–H groups in total. The minimum Gasteiger partial charge on any atom is -0.370 e. The summed E-state index contributed by atoms with van der Waals surface area (Å²) in [5.41, 5.74) is 12.6. The maximum atomic E-state index is 11.8. The van der Waals surface area contributed by atoms with Crippen LogP contribution >= 0.6 is 0 Å². The zero-order valence-electron chi connectivity index (χ0n) is 17.5. The number of benzene rings is 1. The smallest absolute Gasteiger partial charge is 0.243 e. The lowest BCUT2D eigenvalue weighted by molar-refractivity contribution is -0.119. The number of carbonyl (C=O) groups is 1. The summed E-state index contributed by atoms with van der Waals surface area (Å²) in [6.45, 7) is 2.26. The molecule has 0 atom stereocenters. The van der Waals surface area contributed by atoms with Crippen LogP contribution in [0.15, 0.2) is 24.3 Å². The average Bonchev–Trinajstić information content (AvgIpc) is 3.46. The Morgan fingerprint density at radius 1 is 0.929 bits per heavy atom. The van der Waals surface area contributed by atoms with E-state index in [1.165, 1.54) is 69.8 Å². The second-order valence-corrected chi connectivity index (χ2v) is 8.21. The molecule has 0 radical (unpaired) electrons. The average molecular weight is 387 g/mol. The van der Waals surface area contributed by atoms with Crippen LogP contribution in [0, 0.1) is 5.41 Å². The third-order valence-corrected chi connectivity index (χ3v) is 5.86. The van der Waals surface area contributed by atoms with Crippen molar-refractivity contribution in [1.82, 2.24) is 0 Å². The Labute approximate surface area is 170 Å². The number of hydrogen-bond donors (Lipinski definition) is 3. The zero-order valence-corrected chi connectivity index (χ0v) is 17.5. The summed E-state index contributed by atoms with van der Waals surface area (Å²) in [7, 11) is 0. The number of guanidine groups is 1. The van der Waals surface area contributed by atoms with Gasteiger partial charge in [-0.2, -0.15) is 0 Å². The zero-order chi connectivity index (χ0) is 20.4. The van der Waals surface area contributed by atoms with E-state index in [0.717, 1.165) is 12.1 Å². The van der Waals surface area contributed by atoms with Crippen molar-refractivity contribution in [2.45, 2.75) is 95.9 Å². The third-order valence-electron chi connectivity index (χ3n) is 5.86. The summed E-state index contributed by atoms with van der Waals surface area (Å²) >= 11 is 0. The van der Waals surface area contributed by atoms with Crippen molar-refractivity contribution in [2.24, 2.45) is 11.5 Å². The lowest BCUT2D eigenvalue weighted by Gasteiger charge is -2.30. The molecule has 5 nitrogen and oxygen atoms in total. The molecule has 28 heavy (non-hydrogen) atoms. The summed E-state index contributed by atoms with van der Waals surface area (Å²) < 4.78 is 0. The Morgan fingerprint density at radius 3 is 1.86 bits per heavy atom. The van der Waals surface area contributed by atoms with E-state index in [9.17, 15) is 4.79 Å². The van der Waals surface area contributed by atoms with Gasteiger partial charge in [0.05, 0.1) is 0 Å². The van der Waals surface area contributed by atoms with Gasteiger partial charge in [0.25, 0.3) is 0 Å². The van der Waals surface area contributed by atoms with Crippen molar-refractivity contribution in [3.8, 4) is 0 Å². The molecule has 0 bridgehead atoms. The van der Waals surface area contributed by atoms with Gasteiger partial charge in [0.2, 0.25) is 5.91 Å². The first kappa shape index (κ1) is 22.3. The van der Waals surface area contributed by atoms with E-state index in [0.29, 0.717) is 12.8 Å². The first-order valence-corrected chi connectivity index (χ1v) is 11.0. The second kappa shape index (κ2) is 11.1. The quantitative estimate of drug-likeness (QED) is 0.242. The van der Waals surface area contributed by atoms with Gasteiger partial charge in [0, 0.05) is 5.69 Å². The predicted molar refractivity (Wildman–Crippen MR) is 118 cm³/mol. The Balaban J connectivity index is 1.70. The van der Waals surface area contributed by atoms with E-state index < -0.39 is 11.4 Å². The first-order valence-electron chi connectivity index (χ1n) is 11.0. The molecule has 1 aromatic rings. The van der Waals surface area contributed by atoms with E-state index in [-0.39, 0.29) is 5.96 Å². The van der Waals surface area contributed by atoms with Crippen LogP contribution in [0.2, 0.25) is 0 Å². The van der Waals surface area contributed by atoms with Crippen LogP contribution < -0.4 is 16.4 Å². The molecule has 0 spiro atoms. The highest BCUT2D eigenvalue weighted by atomic mass is 16.2. The molecular formula is C23H38N4O. The molecule has 5 heteroatoms. The number of amides is 1. The van der Waals surface area contributed by atoms with Crippen molar-refractivity contribution in [3.05, 3.63) is 29.8 Å². The van der Waals surface area contributed by atoms with Crippen LogP contribution in [0.1, 0.15) is 89.5 Å². The van der Waals surface area contributed by atoms with Gasteiger partial charge in [-0.25, -0.2) is 0 Å². The van der Waals surface area contributed by atoms with Gasteiger partial charge in [0.15, 0.2) is 5.96 Å². The topological polar surface area (TPSA) is 96.2 Å². The van der Waals surface area contributed by atoms with Crippen LogP contribution in [0.4, 0.5) is 5.69 Å². The number of aryl methyl sites for hydroxylation is 1. The standard InChI is InChI=1S/C23H38N4O/c1-2-3-4-5-6-7-8-9-10-11-12-19-13-15-20(16-14-19)27(22(25)26)23(17-18-23)21(24)28/h13-16H,2-12,17-18H2,1H3,(H2,24,28)(H3,25,26). The Bertz CT molecular complexity index is 622. The first-order chi connectivity index (χ1) is 13.5. The second-order valence-electron chi connectivity index (χ2n) is 8.21. The Kier molecular flexibility index (Phi) is 8.81.